The Kier molecular flexibility index (Phi) is 7.42. The molecule has 0 saturated heterocycles. The Bertz CT molecular complexity index is 1190. The van der Waals surface area contributed by atoms with Gasteiger partial charge in [-0.2, -0.15) is 5.26 Å². The number of hydrogen-bond donors (Lipinski definition) is 2. The molecule has 8 heteroatoms. The largest absolute Gasteiger partial charge is 0.465 e. The normalized spacial score (nSPS) is 11.2. The number of aromatic nitrogens is 1. The van der Waals surface area contributed by atoms with Crippen LogP contribution in [0.2, 0.25) is 5.02 Å². The first-order valence-corrected chi connectivity index (χ1v) is 10.2. The van der Waals surface area contributed by atoms with Gasteiger partial charge in [0.15, 0.2) is 5.82 Å². The van der Waals surface area contributed by atoms with Crippen LogP contribution in [0.15, 0.2) is 60.8 Å². The Balaban J connectivity index is 1.98. The number of halogens is 1. The van der Waals surface area contributed by atoms with Crippen molar-refractivity contribution in [1.82, 2.24) is 4.98 Å². The van der Waals surface area contributed by atoms with E-state index in [0.29, 0.717) is 22.1 Å². The van der Waals surface area contributed by atoms with E-state index in [1.54, 1.807) is 24.3 Å². The molecule has 0 aliphatic rings. The molecular weight excluding hydrogens is 428 g/mol. The third-order valence-corrected chi connectivity index (χ3v) is 5.12. The standard InChI is InChI=1S/C24H21ClN4O3/c1-15(28-23-22(20(25)12-14-27-23)29-21(30)11-13-26)16-7-3-4-8-17(16)18-9-5-6-10-19(18)24(31)32-2/h3-10,12,14-15H,11H2,1-2H3,(H,27,28)(H,29,30). The van der Waals surface area contributed by atoms with E-state index in [-0.39, 0.29) is 12.5 Å². The van der Waals surface area contributed by atoms with Gasteiger partial charge in [-0.05, 0) is 35.7 Å². The van der Waals surface area contributed by atoms with Crippen molar-refractivity contribution in [2.75, 3.05) is 17.7 Å². The smallest absolute Gasteiger partial charge is 0.338 e. The minimum absolute atomic E-state index is 0.269. The Morgan fingerprint density at radius 1 is 1.12 bits per heavy atom. The predicted molar refractivity (Wildman–Crippen MR) is 123 cm³/mol. The molecule has 7 nitrogen and oxygen atoms in total. The van der Waals surface area contributed by atoms with Gasteiger partial charge in [-0.1, -0.05) is 54.1 Å². The highest BCUT2D eigenvalue weighted by Gasteiger charge is 2.19. The minimum Gasteiger partial charge on any atom is -0.465 e. The van der Waals surface area contributed by atoms with Crippen molar-refractivity contribution in [3.05, 3.63) is 76.9 Å². The van der Waals surface area contributed by atoms with Crippen LogP contribution in [-0.4, -0.2) is 24.0 Å². The second-order valence-electron chi connectivity index (χ2n) is 6.89. The molecule has 0 fully saturated rings. The number of rotatable bonds is 7. The zero-order chi connectivity index (χ0) is 23.1. The molecule has 0 bridgehead atoms. The SMILES string of the molecule is COC(=O)c1ccccc1-c1ccccc1C(C)Nc1nccc(Cl)c1NC(=O)CC#N. The molecule has 0 spiro atoms. The summed E-state index contributed by atoms with van der Waals surface area (Å²) in [6, 6.07) is 18.0. The van der Waals surface area contributed by atoms with Crippen molar-refractivity contribution < 1.29 is 14.3 Å². The van der Waals surface area contributed by atoms with Gasteiger partial charge in [0.05, 0.1) is 29.8 Å². The third kappa shape index (κ3) is 5.05. The summed E-state index contributed by atoms with van der Waals surface area (Å²) >= 11 is 6.27. The molecule has 0 radical (unpaired) electrons. The Morgan fingerprint density at radius 2 is 1.81 bits per heavy atom. The van der Waals surface area contributed by atoms with Crippen molar-refractivity contribution in [1.29, 1.82) is 5.26 Å². The van der Waals surface area contributed by atoms with Crippen LogP contribution in [0.1, 0.15) is 35.3 Å². The molecule has 1 unspecified atom stereocenters. The van der Waals surface area contributed by atoms with Crippen LogP contribution in [0, 0.1) is 11.3 Å². The number of nitrogens with one attached hydrogen (secondary N) is 2. The highest BCUT2D eigenvalue weighted by Crippen LogP contribution is 2.35. The van der Waals surface area contributed by atoms with Crippen molar-refractivity contribution in [3.63, 3.8) is 0 Å². The third-order valence-electron chi connectivity index (χ3n) is 4.81. The fourth-order valence-electron chi connectivity index (χ4n) is 3.33. The molecule has 2 aromatic carbocycles. The summed E-state index contributed by atoms with van der Waals surface area (Å²) in [6.07, 6.45) is 1.23. The topological polar surface area (TPSA) is 104 Å². The summed E-state index contributed by atoms with van der Waals surface area (Å²) in [4.78, 5) is 28.6. The molecule has 162 valence electrons. The number of carbonyl (C=O) groups excluding carboxylic acids is 2. The van der Waals surface area contributed by atoms with Gasteiger partial charge in [0.2, 0.25) is 5.91 Å². The second-order valence-corrected chi connectivity index (χ2v) is 7.30. The van der Waals surface area contributed by atoms with Crippen LogP contribution < -0.4 is 10.6 Å². The first-order valence-electron chi connectivity index (χ1n) is 9.80. The maximum Gasteiger partial charge on any atom is 0.338 e. The number of esters is 1. The minimum atomic E-state index is -0.481. The van der Waals surface area contributed by atoms with Crippen molar-refractivity contribution >= 4 is 35.0 Å². The Labute approximate surface area is 191 Å². The molecular formula is C24H21ClN4O3. The number of carbonyl (C=O) groups is 2. The monoisotopic (exact) mass is 448 g/mol. The van der Waals surface area contributed by atoms with E-state index in [4.69, 9.17) is 21.6 Å². The molecule has 1 heterocycles. The van der Waals surface area contributed by atoms with Crippen molar-refractivity contribution in [2.45, 2.75) is 19.4 Å². The van der Waals surface area contributed by atoms with Gasteiger partial charge in [-0.15, -0.1) is 0 Å². The van der Waals surface area contributed by atoms with E-state index in [1.165, 1.54) is 13.3 Å². The average molecular weight is 449 g/mol. The summed E-state index contributed by atoms with van der Waals surface area (Å²) in [5.41, 5.74) is 3.25. The predicted octanol–water partition coefficient (Wildman–Crippen LogP) is 5.21. The van der Waals surface area contributed by atoms with Crippen LogP contribution >= 0.6 is 11.6 Å². The number of ether oxygens (including phenoxy) is 1. The van der Waals surface area contributed by atoms with Gasteiger partial charge < -0.3 is 15.4 Å². The lowest BCUT2D eigenvalue weighted by Gasteiger charge is -2.21. The summed E-state index contributed by atoms with van der Waals surface area (Å²) in [7, 11) is 1.35. The first-order chi connectivity index (χ1) is 15.5. The van der Waals surface area contributed by atoms with Crippen LogP contribution in [0.3, 0.4) is 0 Å². The van der Waals surface area contributed by atoms with Crippen LogP contribution in [0.5, 0.6) is 0 Å². The number of pyridine rings is 1. The molecule has 1 atom stereocenters. The fraction of sp³-hybridized carbons (Fsp3) is 0.167. The molecule has 3 rings (SSSR count). The molecule has 3 aromatic rings. The van der Waals surface area contributed by atoms with Gasteiger partial charge in [0.1, 0.15) is 12.1 Å². The number of hydrogen-bond acceptors (Lipinski definition) is 6. The zero-order valence-corrected chi connectivity index (χ0v) is 18.3. The lowest BCUT2D eigenvalue weighted by molar-refractivity contribution is -0.115. The second kappa shape index (κ2) is 10.4. The van der Waals surface area contributed by atoms with Gasteiger partial charge in [0.25, 0.3) is 0 Å². The zero-order valence-electron chi connectivity index (χ0n) is 17.6. The average Bonchev–Trinajstić information content (AvgIpc) is 2.81. The van der Waals surface area contributed by atoms with Gasteiger partial charge >= 0.3 is 5.97 Å². The number of amides is 1. The Hall–Kier alpha value is -3.89. The fourth-order valence-corrected chi connectivity index (χ4v) is 3.52. The van der Waals surface area contributed by atoms with E-state index >= 15 is 0 Å². The molecule has 2 N–H and O–H groups in total. The van der Waals surface area contributed by atoms with Gasteiger partial charge in [0, 0.05) is 6.20 Å². The van der Waals surface area contributed by atoms with E-state index < -0.39 is 11.9 Å². The van der Waals surface area contributed by atoms with Crippen LogP contribution in [0.25, 0.3) is 11.1 Å². The van der Waals surface area contributed by atoms with Crippen molar-refractivity contribution in [3.8, 4) is 17.2 Å². The maximum absolute atomic E-state index is 12.3. The molecule has 0 aliphatic heterocycles. The Morgan fingerprint density at radius 3 is 2.53 bits per heavy atom. The highest BCUT2D eigenvalue weighted by molar-refractivity contribution is 6.34. The van der Waals surface area contributed by atoms with E-state index in [2.05, 4.69) is 15.6 Å². The van der Waals surface area contributed by atoms with E-state index in [0.717, 1.165) is 16.7 Å². The molecule has 0 saturated carbocycles. The summed E-state index contributed by atoms with van der Waals surface area (Å²) in [5.74, 6) is -0.534. The maximum atomic E-state index is 12.3. The molecule has 0 aliphatic carbocycles. The number of benzene rings is 2. The lowest BCUT2D eigenvalue weighted by Crippen LogP contribution is -2.16. The first kappa shape index (κ1) is 22.8. The van der Waals surface area contributed by atoms with Gasteiger partial charge in [-0.3, -0.25) is 4.79 Å². The lowest BCUT2D eigenvalue weighted by atomic mass is 9.92. The number of methoxy groups -OCH3 is 1. The summed E-state index contributed by atoms with van der Waals surface area (Å²) < 4.78 is 4.94. The molecule has 1 amide bonds. The van der Waals surface area contributed by atoms with Crippen LogP contribution in [-0.2, 0) is 9.53 Å². The molecule has 1 aromatic heterocycles. The van der Waals surface area contributed by atoms with Gasteiger partial charge in [-0.25, -0.2) is 9.78 Å². The number of anilines is 2. The highest BCUT2D eigenvalue weighted by atomic mass is 35.5. The molecule has 32 heavy (non-hydrogen) atoms. The van der Waals surface area contributed by atoms with Crippen LogP contribution in [0.4, 0.5) is 11.5 Å². The number of nitrogens with zero attached hydrogens (tertiary/aromatic N) is 2. The van der Waals surface area contributed by atoms with E-state index in [9.17, 15) is 9.59 Å². The van der Waals surface area contributed by atoms with Crippen molar-refractivity contribution in [2.24, 2.45) is 0 Å². The number of nitriles is 1. The summed E-state index contributed by atoms with van der Waals surface area (Å²) in [6.45, 7) is 1.93. The van der Waals surface area contributed by atoms with E-state index in [1.807, 2.05) is 43.3 Å². The quantitative estimate of drug-likeness (QED) is 0.480. The summed E-state index contributed by atoms with van der Waals surface area (Å²) in [5, 5.41) is 15.0.